The van der Waals surface area contributed by atoms with Crippen molar-refractivity contribution in [1.82, 2.24) is 8.61 Å². The molecule has 2 aliphatic rings. The molecule has 8 heteroatoms. The van der Waals surface area contributed by atoms with E-state index in [-0.39, 0.29) is 19.1 Å². The van der Waals surface area contributed by atoms with Gasteiger partial charge in [-0.2, -0.15) is 17.0 Å². The minimum atomic E-state index is -3.71. The third kappa shape index (κ3) is 3.13. The molecule has 2 aliphatic heterocycles. The lowest BCUT2D eigenvalue weighted by Crippen LogP contribution is -2.54. The Kier molecular flexibility index (Phi) is 5.00. The van der Waals surface area contributed by atoms with Gasteiger partial charge in [-0.25, -0.2) is 0 Å². The lowest BCUT2D eigenvalue weighted by molar-refractivity contribution is -0.142. The highest BCUT2D eigenvalue weighted by Crippen LogP contribution is 2.26. The average molecular weight is 306 g/mol. The van der Waals surface area contributed by atoms with Gasteiger partial charge in [-0.3, -0.25) is 4.79 Å². The molecule has 0 bridgehead atoms. The van der Waals surface area contributed by atoms with Crippen LogP contribution in [0.2, 0.25) is 0 Å². The van der Waals surface area contributed by atoms with Crippen molar-refractivity contribution >= 4 is 16.2 Å². The maximum Gasteiger partial charge on any atom is 0.322 e. The van der Waals surface area contributed by atoms with Gasteiger partial charge in [-0.1, -0.05) is 0 Å². The number of carboxylic acids is 1. The first-order valence-electron chi connectivity index (χ1n) is 7.07. The van der Waals surface area contributed by atoms with E-state index in [1.54, 1.807) is 0 Å². The number of aliphatic hydroxyl groups excluding tert-OH is 1. The molecular weight excluding hydrogens is 284 g/mol. The quantitative estimate of drug-likeness (QED) is 0.754. The third-order valence-electron chi connectivity index (χ3n) is 4.19. The second-order valence-electron chi connectivity index (χ2n) is 5.49. The average Bonchev–Trinajstić information content (AvgIpc) is 2.47. The molecule has 0 aliphatic carbocycles. The van der Waals surface area contributed by atoms with Crippen molar-refractivity contribution in [2.24, 2.45) is 5.92 Å². The zero-order valence-electron chi connectivity index (χ0n) is 11.4. The van der Waals surface area contributed by atoms with Gasteiger partial charge in [0.2, 0.25) is 0 Å². The molecular formula is C12H22N2O5S. The van der Waals surface area contributed by atoms with Crippen LogP contribution >= 0.6 is 0 Å². The lowest BCUT2D eigenvalue weighted by Gasteiger charge is -2.38. The van der Waals surface area contributed by atoms with Gasteiger partial charge in [0.25, 0.3) is 10.2 Å². The van der Waals surface area contributed by atoms with Crippen molar-refractivity contribution in [2.45, 2.75) is 38.1 Å². The number of aliphatic hydroxyl groups is 1. The minimum Gasteiger partial charge on any atom is -0.480 e. The van der Waals surface area contributed by atoms with Crippen molar-refractivity contribution in [1.29, 1.82) is 0 Å². The molecule has 2 heterocycles. The largest absolute Gasteiger partial charge is 0.480 e. The first kappa shape index (κ1) is 15.7. The zero-order chi connectivity index (χ0) is 14.8. The zero-order valence-corrected chi connectivity index (χ0v) is 12.3. The molecule has 116 valence electrons. The second-order valence-corrected chi connectivity index (χ2v) is 7.37. The van der Waals surface area contributed by atoms with Gasteiger partial charge >= 0.3 is 5.97 Å². The van der Waals surface area contributed by atoms with Crippen LogP contribution in [-0.2, 0) is 15.0 Å². The molecule has 2 N–H and O–H groups in total. The van der Waals surface area contributed by atoms with Gasteiger partial charge in [0.1, 0.15) is 6.04 Å². The fraction of sp³-hybridized carbons (Fsp3) is 0.917. The lowest BCUT2D eigenvalue weighted by atomic mass is 10.00. The van der Waals surface area contributed by atoms with Gasteiger partial charge in [0, 0.05) is 26.2 Å². The van der Waals surface area contributed by atoms with E-state index in [1.165, 1.54) is 4.31 Å². The number of carboxylic acid groups (broad SMARTS) is 1. The Balaban J connectivity index is 2.10. The molecule has 0 radical (unpaired) electrons. The third-order valence-corrected chi connectivity index (χ3v) is 6.24. The van der Waals surface area contributed by atoms with Gasteiger partial charge in [-0.15, -0.1) is 0 Å². The van der Waals surface area contributed by atoms with Crippen LogP contribution in [0.5, 0.6) is 0 Å². The van der Waals surface area contributed by atoms with E-state index in [1.807, 2.05) is 0 Å². The number of rotatable bonds is 4. The highest BCUT2D eigenvalue weighted by Gasteiger charge is 2.40. The Hall–Kier alpha value is -0.700. The molecule has 7 nitrogen and oxygen atoms in total. The second kappa shape index (κ2) is 6.38. The van der Waals surface area contributed by atoms with Crippen LogP contribution in [0.4, 0.5) is 0 Å². The summed E-state index contributed by atoms with van der Waals surface area (Å²) in [5, 5.41) is 18.3. The Morgan fingerprint density at radius 2 is 1.75 bits per heavy atom. The van der Waals surface area contributed by atoms with Crippen molar-refractivity contribution in [3.05, 3.63) is 0 Å². The number of piperidine rings is 2. The first-order chi connectivity index (χ1) is 9.46. The Morgan fingerprint density at radius 1 is 1.10 bits per heavy atom. The Morgan fingerprint density at radius 3 is 2.30 bits per heavy atom. The molecule has 0 amide bonds. The standard InChI is InChI=1S/C12H22N2O5S/c15-9-10-4-7-13(8-5-10)20(18,19)14-6-2-1-3-11(14)12(16)17/h10-11,15H,1-9H2,(H,16,17). The van der Waals surface area contributed by atoms with E-state index in [0.717, 1.165) is 10.7 Å². The molecule has 0 aromatic rings. The van der Waals surface area contributed by atoms with E-state index in [2.05, 4.69) is 0 Å². The summed E-state index contributed by atoms with van der Waals surface area (Å²) in [6, 6.07) is -0.940. The SMILES string of the molecule is O=C(O)C1CCCCN1S(=O)(=O)N1CCC(CO)CC1. The summed E-state index contributed by atoms with van der Waals surface area (Å²) in [7, 11) is -3.71. The summed E-state index contributed by atoms with van der Waals surface area (Å²) in [6.45, 7) is 1.07. The highest BCUT2D eigenvalue weighted by molar-refractivity contribution is 7.86. The Bertz CT molecular complexity index is 445. The summed E-state index contributed by atoms with van der Waals surface area (Å²) in [5.41, 5.74) is 0. The summed E-state index contributed by atoms with van der Waals surface area (Å²) < 4.78 is 27.7. The number of aliphatic carboxylic acids is 1. The van der Waals surface area contributed by atoms with Crippen molar-refractivity contribution in [3.8, 4) is 0 Å². The molecule has 0 spiro atoms. The molecule has 2 fully saturated rings. The van der Waals surface area contributed by atoms with Crippen LogP contribution < -0.4 is 0 Å². The van der Waals surface area contributed by atoms with Crippen LogP contribution in [0.25, 0.3) is 0 Å². The van der Waals surface area contributed by atoms with E-state index in [0.29, 0.717) is 38.8 Å². The first-order valence-corrected chi connectivity index (χ1v) is 8.47. The van der Waals surface area contributed by atoms with Crippen molar-refractivity contribution < 1.29 is 23.4 Å². The van der Waals surface area contributed by atoms with Crippen molar-refractivity contribution in [3.63, 3.8) is 0 Å². The number of hydrogen-bond acceptors (Lipinski definition) is 4. The fourth-order valence-electron chi connectivity index (χ4n) is 2.90. The van der Waals surface area contributed by atoms with E-state index in [9.17, 15) is 18.3 Å². The Labute approximate surface area is 119 Å². The molecule has 20 heavy (non-hydrogen) atoms. The van der Waals surface area contributed by atoms with Crippen LogP contribution in [0.3, 0.4) is 0 Å². The van der Waals surface area contributed by atoms with E-state index >= 15 is 0 Å². The van der Waals surface area contributed by atoms with Crippen LogP contribution in [0.1, 0.15) is 32.1 Å². The van der Waals surface area contributed by atoms with Gasteiger partial charge in [0.15, 0.2) is 0 Å². The molecule has 2 rings (SSSR count). The van der Waals surface area contributed by atoms with Gasteiger partial charge < -0.3 is 10.2 Å². The molecule has 2 saturated heterocycles. The minimum absolute atomic E-state index is 0.0787. The summed E-state index contributed by atoms with van der Waals surface area (Å²) in [4.78, 5) is 11.2. The summed E-state index contributed by atoms with van der Waals surface area (Å²) in [6.07, 6.45) is 3.08. The predicted molar refractivity (Wildman–Crippen MR) is 72.3 cm³/mol. The van der Waals surface area contributed by atoms with Crippen LogP contribution in [-0.4, -0.2) is 65.5 Å². The summed E-state index contributed by atoms with van der Waals surface area (Å²) in [5.74, 6) is -0.920. The smallest absolute Gasteiger partial charge is 0.322 e. The fourth-order valence-corrected chi connectivity index (χ4v) is 4.74. The van der Waals surface area contributed by atoms with Gasteiger partial charge in [0.05, 0.1) is 0 Å². The maximum atomic E-state index is 12.6. The van der Waals surface area contributed by atoms with E-state index < -0.39 is 22.2 Å². The normalized spacial score (nSPS) is 27.6. The topological polar surface area (TPSA) is 98.2 Å². The molecule has 0 saturated carbocycles. The van der Waals surface area contributed by atoms with Crippen LogP contribution in [0.15, 0.2) is 0 Å². The number of hydrogen-bond donors (Lipinski definition) is 2. The summed E-state index contributed by atoms with van der Waals surface area (Å²) >= 11 is 0. The predicted octanol–water partition coefficient (Wildman–Crippen LogP) is -0.125. The number of nitrogens with zero attached hydrogens (tertiary/aromatic N) is 2. The molecule has 1 unspecified atom stereocenters. The van der Waals surface area contributed by atoms with E-state index in [4.69, 9.17) is 5.11 Å². The van der Waals surface area contributed by atoms with Crippen LogP contribution in [0, 0.1) is 5.92 Å². The van der Waals surface area contributed by atoms with Crippen molar-refractivity contribution in [2.75, 3.05) is 26.2 Å². The number of carbonyl (C=O) groups is 1. The maximum absolute atomic E-state index is 12.6. The monoisotopic (exact) mass is 306 g/mol. The molecule has 0 aromatic carbocycles. The molecule has 0 aromatic heterocycles. The molecule has 1 atom stereocenters. The highest BCUT2D eigenvalue weighted by atomic mass is 32.2. The van der Waals surface area contributed by atoms with Gasteiger partial charge in [-0.05, 0) is 38.0 Å².